The summed E-state index contributed by atoms with van der Waals surface area (Å²) in [5, 5.41) is 2.57. The Morgan fingerprint density at radius 1 is 1.61 bits per heavy atom. The van der Waals surface area contributed by atoms with Gasteiger partial charge in [-0.2, -0.15) is 0 Å². The lowest BCUT2D eigenvalue weighted by Crippen LogP contribution is -2.29. The average molecular weight is 267 g/mol. The van der Waals surface area contributed by atoms with E-state index in [4.69, 9.17) is 18.0 Å². The van der Waals surface area contributed by atoms with Crippen LogP contribution in [0.15, 0.2) is 6.20 Å². The molecule has 1 aromatic heterocycles. The fraction of sp³-hybridized carbons (Fsp3) is 0.455. The van der Waals surface area contributed by atoms with Gasteiger partial charge in [0.15, 0.2) is 0 Å². The van der Waals surface area contributed by atoms with Gasteiger partial charge in [-0.1, -0.05) is 12.2 Å². The van der Waals surface area contributed by atoms with E-state index >= 15 is 0 Å². The maximum atomic E-state index is 11.2. The van der Waals surface area contributed by atoms with Crippen LogP contribution in [0.5, 0.6) is 0 Å². The summed E-state index contributed by atoms with van der Waals surface area (Å²) in [6.07, 6.45) is 1.99. The van der Waals surface area contributed by atoms with Crippen LogP contribution in [-0.2, 0) is 4.79 Å². The van der Waals surface area contributed by atoms with Crippen LogP contribution in [0.4, 0.5) is 5.82 Å². The molecule has 0 aliphatic rings. The number of nitrogens with zero attached hydrogens (tertiary/aromatic N) is 3. The second-order valence-corrected chi connectivity index (χ2v) is 4.30. The van der Waals surface area contributed by atoms with Crippen molar-refractivity contribution in [3.8, 4) is 0 Å². The minimum atomic E-state index is -0.0236. The summed E-state index contributed by atoms with van der Waals surface area (Å²) in [5.41, 5.74) is 6.25. The SMILES string of the molecule is CNC(=O)CCN(C)c1nc(C)ncc1C(N)=S. The van der Waals surface area contributed by atoms with Crippen molar-refractivity contribution in [3.63, 3.8) is 0 Å². The van der Waals surface area contributed by atoms with E-state index < -0.39 is 0 Å². The molecule has 0 unspecified atom stereocenters. The Morgan fingerprint density at radius 2 is 2.28 bits per heavy atom. The van der Waals surface area contributed by atoms with E-state index in [9.17, 15) is 4.79 Å². The first kappa shape index (κ1) is 14.3. The Kier molecular flexibility index (Phi) is 4.96. The summed E-state index contributed by atoms with van der Waals surface area (Å²) in [6, 6.07) is 0. The number of carbonyl (C=O) groups is 1. The molecule has 6 nitrogen and oxygen atoms in total. The highest BCUT2D eigenvalue weighted by Crippen LogP contribution is 2.16. The first-order valence-corrected chi connectivity index (χ1v) is 5.91. The number of rotatable bonds is 5. The molecule has 1 heterocycles. The van der Waals surface area contributed by atoms with Crippen molar-refractivity contribution < 1.29 is 4.79 Å². The minimum Gasteiger partial charge on any atom is -0.389 e. The van der Waals surface area contributed by atoms with Gasteiger partial charge in [-0.05, 0) is 6.92 Å². The molecule has 1 rings (SSSR count). The number of carbonyl (C=O) groups excluding carboxylic acids is 1. The van der Waals surface area contributed by atoms with E-state index in [0.717, 1.165) is 0 Å². The normalized spacial score (nSPS) is 9.94. The highest BCUT2D eigenvalue weighted by molar-refractivity contribution is 7.80. The zero-order valence-corrected chi connectivity index (χ0v) is 11.5. The predicted molar refractivity (Wildman–Crippen MR) is 74.6 cm³/mol. The van der Waals surface area contributed by atoms with Crippen molar-refractivity contribution in [2.75, 3.05) is 25.5 Å². The molecule has 3 N–H and O–H groups in total. The van der Waals surface area contributed by atoms with Gasteiger partial charge >= 0.3 is 0 Å². The molecule has 0 aliphatic carbocycles. The molecule has 0 radical (unpaired) electrons. The number of nitrogens with two attached hydrogens (primary N) is 1. The molecular weight excluding hydrogens is 250 g/mol. The van der Waals surface area contributed by atoms with Crippen LogP contribution >= 0.6 is 12.2 Å². The van der Waals surface area contributed by atoms with Crippen molar-refractivity contribution >= 4 is 28.9 Å². The number of nitrogens with one attached hydrogen (secondary N) is 1. The van der Waals surface area contributed by atoms with Gasteiger partial charge in [-0.15, -0.1) is 0 Å². The Hall–Kier alpha value is -1.76. The largest absolute Gasteiger partial charge is 0.389 e. The van der Waals surface area contributed by atoms with Gasteiger partial charge < -0.3 is 16.0 Å². The zero-order chi connectivity index (χ0) is 13.7. The fourth-order valence-electron chi connectivity index (χ4n) is 1.42. The number of thiocarbonyl (C=S) groups is 1. The molecule has 0 saturated carbocycles. The lowest BCUT2D eigenvalue weighted by molar-refractivity contribution is -0.120. The third-order valence-corrected chi connectivity index (χ3v) is 2.69. The number of aryl methyl sites for hydroxylation is 1. The molecule has 0 saturated heterocycles. The zero-order valence-electron chi connectivity index (χ0n) is 10.7. The second-order valence-electron chi connectivity index (χ2n) is 3.86. The van der Waals surface area contributed by atoms with Crippen molar-refractivity contribution in [2.24, 2.45) is 5.73 Å². The molecule has 0 spiro atoms. The predicted octanol–water partition coefficient (Wildman–Crippen LogP) is -0.00848. The van der Waals surface area contributed by atoms with Gasteiger partial charge in [0.2, 0.25) is 5.91 Å². The van der Waals surface area contributed by atoms with E-state index in [2.05, 4.69) is 15.3 Å². The van der Waals surface area contributed by atoms with Crippen LogP contribution in [0.3, 0.4) is 0 Å². The molecule has 1 aromatic rings. The van der Waals surface area contributed by atoms with E-state index in [1.807, 2.05) is 11.9 Å². The molecule has 18 heavy (non-hydrogen) atoms. The first-order chi connectivity index (χ1) is 8.45. The average Bonchev–Trinajstić information content (AvgIpc) is 2.34. The number of anilines is 1. The fourth-order valence-corrected chi connectivity index (χ4v) is 1.57. The van der Waals surface area contributed by atoms with Crippen molar-refractivity contribution in [2.45, 2.75) is 13.3 Å². The molecule has 0 bridgehead atoms. The topological polar surface area (TPSA) is 84.1 Å². The Balaban J connectivity index is 2.89. The van der Waals surface area contributed by atoms with Crippen molar-refractivity contribution in [1.82, 2.24) is 15.3 Å². The minimum absolute atomic E-state index is 0.0236. The smallest absolute Gasteiger partial charge is 0.221 e. The van der Waals surface area contributed by atoms with E-state index in [1.54, 1.807) is 20.2 Å². The van der Waals surface area contributed by atoms with Gasteiger partial charge in [0, 0.05) is 33.3 Å². The summed E-state index contributed by atoms with van der Waals surface area (Å²) in [5.74, 6) is 1.26. The third kappa shape index (κ3) is 3.63. The van der Waals surface area contributed by atoms with Crippen LogP contribution in [0.1, 0.15) is 17.8 Å². The quantitative estimate of drug-likeness (QED) is 0.730. The number of hydrogen-bond donors (Lipinski definition) is 2. The maximum absolute atomic E-state index is 11.2. The van der Waals surface area contributed by atoms with E-state index in [0.29, 0.717) is 30.2 Å². The molecule has 0 aliphatic heterocycles. The van der Waals surface area contributed by atoms with E-state index in [1.165, 1.54) is 0 Å². The van der Waals surface area contributed by atoms with Gasteiger partial charge in [0.1, 0.15) is 16.6 Å². The molecule has 0 atom stereocenters. The standard InChI is InChI=1S/C11H17N5OS/c1-7-14-6-8(10(12)18)11(15-7)16(3)5-4-9(17)13-2/h6H,4-5H2,1-3H3,(H2,12,18)(H,13,17). The highest BCUT2D eigenvalue weighted by Gasteiger charge is 2.13. The summed E-state index contributed by atoms with van der Waals surface area (Å²) >= 11 is 4.96. The monoisotopic (exact) mass is 267 g/mol. The summed E-state index contributed by atoms with van der Waals surface area (Å²) < 4.78 is 0. The van der Waals surface area contributed by atoms with Crippen molar-refractivity contribution in [1.29, 1.82) is 0 Å². The van der Waals surface area contributed by atoms with Crippen LogP contribution in [0, 0.1) is 6.92 Å². The molecule has 98 valence electrons. The molecule has 0 fully saturated rings. The number of hydrogen-bond acceptors (Lipinski definition) is 5. The third-order valence-electron chi connectivity index (χ3n) is 2.47. The molecule has 1 amide bonds. The molecule has 0 aromatic carbocycles. The molecule has 7 heteroatoms. The first-order valence-electron chi connectivity index (χ1n) is 5.51. The number of amides is 1. The van der Waals surface area contributed by atoms with E-state index in [-0.39, 0.29) is 10.9 Å². The second kappa shape index (κ2) is 6.25. The van der Waals surface area contributed by atoms with Gasteiger partial charge in [0.25, 0.3) is 0 Å². The maximum Gasteiger partial charge on any atom is 0.221 e. The highest BCUT2D eigenvalue weighted by atomic mass is 32.1. The van der Waals surface area contributed by atoms with Gasteiger partial charge in [0.05, 0.1) is 5.56 Å². The Labute approximate surface area is 112 Å². The lowest BCUT2D eigenvalue weighted by atomic mass is 10.2. The summed E-state index contributed by atoms with van der Waals surface area (Å²) in [4.78, 5) is 21.7. The van der Waals surface area contributed by atoms with Crippen LogP contribution in [-0.4, -0.2) is 41.5 Å². The summed E-state index contributed by atoms with van der Waals surface area (Å²) in [6.45, 7) is 2.32. The molecular formula is C11H17N5OS. The van der Waals surface area contributed by atoms with Crippen LogP contribution < -0.4 is 16.0 Å². The van der Waals surface area contributed by atoms with Crippen molar-refractivity contribution in [3.05, 3.63) is 17.6 Å². The van der Waals surface area contributed by atoms with Gasteiger partial charge in [-0.25, -0.2) is 9.97 Å². The Morgan fingerprint density at radius 3 is 2.83 bits per heavy atom. The Bertz CT molecular complexity index is 463. The lowest BCUT2D eigenvalue weighted by Gasteiger charge is -2.20. The summed E-state index contributed by atoms with van der Waals surface area (Å²) in [7, 11) is 3.45. The number of aromatic nitrogens is 2. The van der Waals surface area contributed by atoms with Crippen LogP contribution in [0.25, 0.3) is 0 Å². The van der Waals surface area contributed by atoms with Crippen LogP contribution in [0.2, 0.25) is 0 Å². The van der Waals surface area contributed by atoms with Gasteiger partial charge in [-0.3, -0.25) is 4.79 Å².